The molecule has 0 unspecified atom stereocenters. The Morgan fingerprint density at radius 3 is 2.42 bits per heavy atom. The van der Waals surface area contributed by atoms with Crippen LogP contribution in [0.25, 0.3) is 0 Å². The van der Waals surface area contributed by atoms with E-state index in [2.05, 4.69) is 10.0 Å². The van der Waals surface area contributed by atoms with Gasteiger partial charge in [-0.2, -0.15) is 0 Å². The molecule has 0 radical (unpaired) electrons. The van der Waals surface area contributed by atoms with Crippen LogP contribution in [0.1, 0.15) is 29.8 Å². The first kappa shape index (κ1) is 22.5. The Bertz CT molecular complexity index is 1160. The summed E-state index contributed by atoms with van der Waals surface area (Å²) in [5.41, 5.74) is 1.52. The molecule has 6 nitrogen and oxygen atoms in total. The van der Waals surface area contributed by atoms with Crippen molar-refractivity contribution in [1.82, 2.24) is 4.72 Å². The highest BCUT2D eigenvalue weighted by molar-refractivity contribution is 7.89. The standard InChI is InChI=1S/C23H23FN2O4S/c1-16(2)26-31(28,29)22-8-3-5-18(13-22)23(27)25-20-6-4-7-21(14-20)30-15-17-9-11-19(24)12-10-17/h3-14,16,26H,15H2,1-2H3,(H,25,27). The Morgan fingerprint density at radius 2 is 1.71 bits per heavy atom. The highest BCUT2D eigenvalue weighted by Crippen LogP contribution is 2.20. The molecule has 2 N–H and O–H groups in total. The van der Waals surface area contributed by atoms with Gasteiger partial charge in [0.15, 0.2) is 0 Å². The predicted molar refractivity (Wildman–Crippen MR) is 117 cm³/mol. The van der Waals surface area contributed by atoms with Crippen molar-refractivity contribution in [2.75, 3.05) is 5.32 Å². The van der Waals surface area contributed by atoms with Crippen molar-refractivity contribution in [3.05, 3.63) is 89.7 Å². The first-order valence-electron chi connectivity index (χ1n) is 9.64. The van der Waals surface area contributed by atoms with Gasteiger partial charge in [0.05, 0.1) is 4.90 Å². The van der Waals surface area contributed by atoms with Gasteiger partial charge in [0.25, 0.3) is 5.91 Å². The molecule has 0 aliphatic heterocycles. The normalized spacial score (nSPS) is 11.4. The van der Waals surface area contributed by atoms with Gasteiger partial charge in [0, 0.05) is 23.4 Å². The minimum atomic E-state index is -3.71. The summed E-state index contributed by atoms with van der Waals surface area (Å²) in [7, 11) is -3.71. The fraction of sp³-hybridized carbons (Fsp3) is 0.174. The van der Waals surface area contributed by atoms with Crippen molar-refractivity contribution < 1.29 is 22.3 Å². The molecule has 3 aromatic carbocycles. The number of halogens is 1. The number of rotatable bonds is 8. The summed E-state index contributed by atoms with van der Waals surface area (Å²) in [6, 6.07) is 18.4. The molecule has 3 aromatic rings. The van der Waals surface area contributed by atoms with Crippen molar-refractivity contribution in [3.8, 4) is 5.75 Å². The molecule has 0 aliphatic carbocycles. The van der Waals surface area contributed by atoms with Crippen LogP contribution in [0.3, 0.4) is 0 Å². The number of hydrogen-bond acceptors (Lipinski definition) is 4. The highest BCUT2D eigenvalue weighted by atomic mass is 32.2. The van der Waals surface area contributed by atoms with E-state index in [9.17, 15) is 17.6 Å². The van der Waals surface area contributed by atoms with Gasteiger partial charge >= 0.3 is 0 Å². The zero-order valence-electron chi connectivity index (χ0n) is 17.1. The van der Waals surface area contributed by atoms with E-state index >= 15 is 0 Å². The van der Waals surface area contributed by atoms with E-state index in [0.29, 0.717) is 11.4 Å². The lowest BCUT2D eigenvalue weighted by Gasteiger charge is -2.11. The van der Waals surface area contributed by atoms with E-state index in [4.69, 9.17) is 4.74 Å². The van der Waals surface area contributed by atoms with Gasteiger partial charge in [-0.3, -0.25) is 4.79 Å². The van der Waals surface area contributed by atoms with Crippen LogP contribution in [0.15, 0.2) is 77.7 Å². The molecule has 3 rings (SSSR count). The SMILES string of the molecule is CC(C)NS(=O)(=O)c1cccc(C(=O)Nc2cccc(OCc3ccc(F)cc3)c2)c1. The first-order valence-corrected chi connectivity index (χ1v) is 11.1. The number of sulfonamides is 1. The summed E-state index contributed by atoms with van der Waals surface area (Å²) in [6.45, 7) is 3.69. The summed E-state index contributed by atoms with van der Waals surface area (Å²) < 4.78 is 45.9. The second-order valence-corrected chi connectivity index (χ2v) is 8.91. The van der Waals surface area contributed by atoms with Gasteiger partial charge in [-0.25, -0.2) is 17.5 Å². The molecule has 8 heteroatoms. The monoisotopic (exact) mass is 442 g/mol. The molecule has 0 aromatic heterocycles. The number of carbonyl (C=O) groups excluding carboxylic acids is 1. The number of anilines is 1. The molecule has 0 heterocycles. The summed E-state index contributed by atoms with van der Waals surface area (Å²) in [4.78, 5) is 12.7. The van der Waals surface area contributed by atoms with Crippen molar-refractivity contribution in [2.24, 2.45) is 0 Å². The number of ether oxygens (including phenoxy) is 1. The minimum Gasteiger partial charge on any atom is -0.489 e. The number of benzene rings is 3. The lowest BCUT2D eigenvalue weighted by molar-refractivity contribution is 0.102. The maximum atomic E-state index is 13.0. The van der Waals surface area contributed by atoms with E-state index in [1.54, 1.807) is 56.3 Å². The second-order valence-electron chi connectivity index (χ2n) is 7.20. The Labute approximate surface area is 181 Å². The molecule has 0 saturated heterocycles. The molecule has 162 valence electrons. The number of nitrogens with one attached hydrogen (secondary N) is 2. The predicted octanol–water partition coefficient (Wildman–Crippen LogP) is 4.34. The third-order valence-electron chi connectivity index (χ3n) is 4.21. The number of carbonyl (C=O) groups is 1. The van der Waals surface area contributed by atoms with E-state index in [-0.39, 0.29) is 28.9 Å². The van der Waals surface area contributed by atoms with Gasteiger partial charge in [-0.15, -0.1) is 0 Å². The topological polar surface area (TPSA) is 84.5 Å². The summed E-state index contributed by atoms with van der Waals surface area (Å²) in [5.74, 6) is -0.234. The summed E-state index contributed by atoms with van der Waals surface area (Å²) in [5, 5.41) is 2.74. The van der Waals surface area contributed by atoms with Crippen LogP contribution in [0.2, 0.25) is 0 Å². The highest BCUT2D eigenvalue weighted by Gasteiger charge is 2.17. The molecular formula is C23H23FN2O4S. The maximum Gasteiger partial charge on any atom is 0.255 e. The van der Waals surface area contributed by atoms with E-state index in [0.717, 1.165) is 5.56 Å². The van der Waals surface area contributed by atoms with Crippen LogP contribution in [-0.4, -0.2) is 20.4 Å². The molecule has 0 bridgehead atoms. The molecule has 0 spiro atoms. The largest absolute Gasteiger partial charge is 0.489 e. The fourth-order valence-corrected chi connectivity index (χ4v) is 4.09. The van der Waals surface area contributed by atoms with Crippen molar-refractivity contribution in [1.29, 1.82) is 0 Å². The Hall–Kier alpha value is -3.23. The minimum absolute atomic E-state index is 0.0187. The summed E-state index contributed by atoms with van der Waals surface area (Å²) in [6.07, 6.45) is 0. The van der Waals surface area contributed by atoms with Crippen molar-refractivity contribution in [3.63, 3.8) is 0 Å². The van der Waals surface area contributed by atoms with Crippen molar-refractivity contribution in [2.45, 2.75) is 31.4 Å². The molecule has 0 saturated carbocycles. The first-order chi connectivity index (χ1) is 14.7. The lowest BCUT2D eigenvalue weighted by atomic mass is 10.2. The van der Waals surface area contributed by atoms with Crippen LogP contribution in [0.4, 0.5) is 10.1 Å². The Balaban J connectivity index is 1.69. The van der Waals surface area contributed by atoms with Gasteiger partial charge in [0.2, 0.25) is 10.0 Å². The summed E-state index contributed by atoms with van der Waals surface area (Å²) >= 11 is 0. The van der Waals surface area contributed by atoms with Crippen molar-refractivity contribution >= 4 is 21.6 Å². The molecule has 0 fully saturated rings. The van der Waals surface area contributed by atoms with Crippen LogP contribution < -0.4 is 14.8 Å². The maximum absolute atomic E-state index is 13.0. The van der Waals surface area contributed by atoms with Gasteiger partial charge in [-0.05, 0) is 61.9 Å². The zero-order chi connectivity index (χ0) is 22.4. The van der Waals surface area contributed by atoms with Crippen LogP contribution >= 0.6 is 0 Å². The molecule has 0 atom stereocenters. The van der Waals surface area contributed by atoms with Crippen LogP contribution in [0, 0.1) is 5.82 Å². The van der Waals surface area contributed by atoms with Gasteiger partial charge < -0.3 is 10.1 Å². The smallest absolute Gasteiger partial charge is 0.255 e. The lowest BCUT2D eigenvalue weighted by Crippen LogP contribution is -2.30. The zero-order valence-corrected chi connectivity index (χ0v) is 17.9. The molecule has 1 amide bonds. The average molecular weight is 443 g/mol. The average Bonchev–Trinajstić information content (AvgIpc) is 2.73. The van der Waals surface area contributed by atoms with Crippen LogP contribution in [0.5, 0.6) is 5.75 Å². The van der Waals surface area contributed by atoms with Gasteiger partial charge in [-0.1, -0.05) is 24.3 Å². The number of amides is 1. The Morgan fingerprint density at radius 1 is 1.00 bits per heavy atom. The fourth-order valence-electron chi connectivity index (χ4n) is 2.80. The van der Waals surface area contributed by atoms with E-state index in [1.165, 1.54) is 30.3 Å². The van der Waals surface area contributed by atoms with E-state index < -0.39 is 15.9 Å². The second kappa shape index (κ2) is 9.72. The van der Waals surface area contributed by atoms with Crippen LogP contribution in [-0.2, 0) is 16.6 Å². The third-order valence-corrected chi connectivity index (χ3v) is 5.86. The molecule has 31 heavy (non-hydrogen) atoms. The Kier molecular flexibility index (Phi) is 7.04. The third kappa shape index (κ3) is 6.37. The van der Waals surface area contributed by atoms with E-state index in [1.807, 2.05) is 0 Å². The van der Waals surface area contributed by atoms with Gasteiger partial charge in [0.1, 0.15) is 18.2 Å². The number of hydrogen-bond donors (Lipinski definition) is 2. The quantitative estimate of drug-likeness (QED) is 0.543. The molecular weight excluding hydrogens is 419 g/mol. The molecule has 0 aliphatic rings.